The predicted molar refractivity (Wildman–Crippen MR) is 88.1 cm³/mol. The minimum Gasteiger partial charge on any atom is -0.369 e. The zero-order valence-corrected chi connectivity index (χ0v) is 13.5. The molecule has 1 saturated heterocycles. The van der Waals surface area contributed by atoms with Crippen molar-refractivity contribution in [3.63, 3.8) is 0 Å². The summed E-state index contributed by atoms with van der Waals surface area (Å²) in [5.41, 5.74) is 7.66. The number of nitrogens with zero attached hydrogens (tertiary/aromatic N) is 1. The second-order valence-electron chi connectivity index (χ2n) is 6.88. The number of amides is 2. The van der Waals surface area contributed by atoms with Crippen LogP contribution >= 0.6 is 0 Å². The standard InChI is InChI=1S/C18H24N2O2/c1-18(2,3)15-7-4-13(5-8-15)6-9-16(21)20-11-10-14(12-20)17(19)22/h4-9,14H,10-12H2,1-3H3,(H2,19,22)/b9-6-/t14-/m1/s1. The minimum absolute atomic E-state index is 0.0661. The number of carbonyl (C=O) groups is 2. The van der Waals surface area contributed by atoms with E-state index in [0.717, 1.165) is 5.56 Å². The fourth-order valence-corrected chi connectivity index (χ4v) is 2.56. The highest BCUT2D eigenvalue weighted by Gasteiger charge is 2.28. The molecule has 0 aliphatic carbocycles. The van der Waals surface area contributed by atoms with E-state index < -0.39 is 0 Å². The van der Waals surface area contributed by atoms with Gasteiger partial charge in [0.2, 0.25) is 11.8 Å². The first-order chi connectivity index (χ1) is 10.3. The summed E-state index contributed by atoms with van der Waals surface area (Å²) in [6.45, 7) is 7.54. The number of benzene rings is 1. The maximum atomic E-state index is 12.1. The molecule has 4 heteroatoms. The molecule has 4 nitrogen and oxygen atoms in total. The summed E-state index contributed by atoms with van der Waals surface area (Å²) in [7, 11) is 0. The lowest BCUT2D eigenvalue weighted by Crippen LogP contribution is -2.30. The Labute approximate surface area is 132 Å². The first-order valence-corrected chi connectivity index (χ1v) is 7.64. The highest BCUT2D eigenvalue weighted by atomic mass is 16.2. The summed E-state index contributed by atoms with van der Waals surface area (Å²) in [4.78, 5) is 24.9. The molecule has 1 atom stereocenters. The topological polar surface area (TPSA) is 63.4 Å². The first-order valence-electron chi connectivity index (χ1n) is 7.64. The van der Waals surface area contributed by atoms with Crippen LogP contribution in [0.25, 0.3) is 6.08 Å². The molecule has 0 unspecified atom stereocenters. The van der Waals surface area contributed by atoms with Crippen molar-refractivity contribution in [3.8, 4) is 0 Å². The predicted octanol–water partition coefficient (Wildman–Crippen LogP) is 2.33. The van der Waals surface area contributed by atoms with Gasteiger partial charge in [-0.15, -0.1) is 0 Å². The van der Waals surface area contributed by atoms with E-state index in [-0.39, 0.29) is 23.1 Å². The molecule has 2 amide bonds. The van der Waals surface area contributed by atoms with Gasteiger partial charge in [-0.25, -0.2) is 0 Å². The third-order valence-electron chi connectivity index (χ3n) is 4.10. The molecule has 2 N–H and O–H groups in total. The van der Waals surface area contributed by atoms with Gasteiger partial charge in [0.25, 0.3) is 0 Å². The van der Waals surface area contributed by atoms with Gasteiger partial charge < -0.3 is 10.6 Å². The molecule has 2 rings (SSSR count). The lowest BCUT2D eigenvalue weighted by atomic mass is 9.87. The summed E-state index contributed by atoms with van der Waals surface area (Å²) < 4.78 is 0. The van der Waals surface area contributed by atoms with Crippen molar-refractivity contribution in [1.82, 2.24) is 4.90 Å². The molecular weight excluding hydrogens is 276 g/mol. The third-order valence-corrected chi connectivity index (χ3v) is 4.10. The number of hydrogen-bond acceptors (Lipinski definition) is 2. The molecule has 0 saturated carbocycles. The lowest BCUT2D eigenvalue weighted by Gasteiger charge is -2.18. The van der Waals surface area contributed by atoms with Crippen molar-refractivity contribution in [2.75, 3.05) is 13.1 Å². The van der Waals surface area contributed by atoms with Crippen LogP contribution in [0.1, 0.15) is 38.3 Å². The van der Waals surface area contributed by atoms with Crippen LogP contribution in [0.5, 0.6) is 0 Å². The van der Waals surface area contributed by atoms with Gasteiger partial charge in [-0.3, -0.25) is 9.59 Å². The van der Waals surface area contributed by atoms with E-state index in [2.05, 4.69) is 32.9 Å². The smallest absolute Gasteiger partial charge is 0.246 e. The van der Waals surface area contributed by atoms with Gasteiger partial charge in [0, 0.05) is 19.2 Å². The molecule has 1 aliphatic rings. The van der Waals surface area contributed by atoms with Gasteiger partial charge in [-0.1, -0.05) is 45.0 Å². The van der Waals surface area contributed by atoms with Crippen LogP contribution in [0.3, 0.4) is 0 Å². The van der Waals surface area contributed by atoms with Crippen LogP contribution in [0.4, 0.5) is 0 Å². The van der Waals surface area contributed by atoms with Gasteiger partial charge >= 0.3 is 0 Å². The fraction of sp³-hybridized carbons (Fsp3) is 0.444. The van der Waals surface area contributed by atoms with E-state index in [1.165, 1.54) is 5.56 Å². The minimum atomic E-state index is -0.322. The van der Waals surface area contributed by atoms with E-state index in [0.29, 0.717) is 19.5 Å². The summed E-state index contributed by atoms with van der Waals surface area (Å²) in [5, 5.41) is 0. The maximum absolute atomic E-state index is 12.1. The molecule has 22 heavy (non-hydrogen) atoms. The van der Waals surface area contributed by atoms with Crippen LogP contribution in [0.15, 0.2) is 30.3 Å². The number of hydrogen-bond donors (Lipinski definition) is 1. The summed E-state index contributed by atoms with van der Waals surface area (Å²) in [6.07, 6.45) is 4.04. The van der Waals surface area contributed by atoms with Gasteiger partial charge in [-0.05, 0) is 29.0 Å². The van der Waals surface area contributed by atoms with Crippen LogP contribution in [-0.4, -0.2) is 29.8 Å². The Balaban J connectivity index is 1.97. The quantitative estimate of drug-likeness (QED) is 0.871. The van der Waals surface area contributed by atoms with Crippen molar-refractivity contribution < 1.29 is 9.59 Å². The number of nitrogens with two attached hydrogens (primary N) is 1. The van der Waals surface area contributed by atoms with Crippen molar-refractivity contribution in [2.24, 2.45) is 11.7 Å². The van der Waals surface area contributed by atoms with Crippen molar-refractivity contribution in [2.45, 2.75) is 32.6 Å². The second-order valence-corrected chi connectivity index (χ2v) is 6.88. The zero-order valence-electron chi connectivity index (χ0n) is 13.5. The Morgan fingerprint density at radius 3 is 2.36 bits per heavy atom. The third kappa shape index (κ3) is 3.97. The molecule has 0 spiro atoms. The molecule has 1 heterocycles. The number of rotatable bonds is 3. The highest BCUT2D eigenvalue weighted by Crippen LogP contribution is 2.22. The molecule has 0 bridgehead atoms. The molecule has 118 valence electrons. The molecular formula is C18H24N2O2. The molecule has 1 aliphatic heterocycles. The molecule has 1 fully saturated rings. The molecule has 1 aromatic rings. The fourth-order valence-electron chi connectivity index (χ4n) is 2.56. The number of likely N-dealkylation sites (tertiary alicyclic amines) is 1. The lowest BCUT2D eigenvalue weighted by molar-refractivity contribution is -0.125. The van der Waals surface area contributed by atoms with E-state index in [1.807, 2.05) is 18.2 Å². The molecule has 0 aromatic heterocycles. The first kappa shape index (κ1) is 16.3. The van der Waals surface area contributed by atoms with Crippen molar-refractivity contribution >= 4 is 17.9 Å². The summed E-state index contributed by atoms with van der Waals surface area (Å²) in [5.74, 6) is -0.593. The molecule has 1 aromatic carbocycles. The Bertz CT molecular complexity index is 582. The largest absolute Gasteiger partial charge is 0.369 e. The second kappa shape index (κ2) is 6.34. The van der Waals surface area contributed by atoms with Gasteiger partial charge in [-0.2, -0.15) is 0 Å². The number of carbonyl (C=O) groups excluding carboxylic acids is 2. The molecule has 0 radical (unpaired) electrons. The summed E-state index contributed by atoms with van der Waals surface area (Å²) in [6, 6.07) is 8.20. The van der Waals surface area contributed by atoms with E-state index in [9.17, 15) is 9.59 Å². The summed E-state index contributed by atoms with van der Waals surface area (Å²) >= 11 is 0. The monoisotopic (exact) mass is 300 g/mol. The van der Waals surface area contributed by atoms with Crippen LogP contribution < -0.4 is 5.73 Å². The maximum Gasteiger partial charge on any atom is 0.246 e. The highest BCUT2D eigenvalue weighted by molar-refractivity contribution is 5.92. The average molecular weight is 300 g/mol. The van der Waals surface area contributed by atoms with Crippen molar-refractivity contribution in [3.05, 3.63) is 41.5 Å². The van der Waals surface area contributed by atoms with Crippen molar-refractivity contribution in [1.29, 1.82) is 0 Å². The van der Waals surface area contributed by atoms with E-state index in [4.69, 9.17) is 5.73 Å². The Morgan fingerprint density at radius 1 is 1.23 bits per heavy atom. The zero-order chi connectivity index (χ0) is 16.3. The van der Waals surface area contributed by atoms with Crippen LogP contribution in [0.2, 0.25) is 0 Å². The van der Waals surface area contributed by atoms with Gasteiger partial charge in [0.15, 0.2) is 0 Å². The van der Waals surface area contributed by atoms with Gasteiger partial charge in [0.05, 0.1) is 5.92 Å². The number of primary amides is 1. The van der Waals surface area contributed by atoms with E-state index in [1.54, 1.807) is 11.0 Å². The van der Waals surface area contributed by atoms with Gasteiger partial charge in [0.1, 0.15) is 0 Å². The average Bonchev–Trinajstić information content (AvgIpc) is 2.94. The Hall–Kier alpha value is -2.10. The SMILES string of the molecule is CC(C)(C)c1ccc(/C=C\C(=O)N2CC[C@@H](C(N)=O)C2)cc1. The van der Waals surface area contributed by atoms with E-state index >= 15 is 0 Å². The van der Waals surface area contributed by atoms with Crippen LogP contribution in [-0.2, 0) is 15.0 Å². The Kier molecular flexibility index (Phi) is 4.69. The van der Waals surface area contributed by atoms with Crippen LogP contribution in [0, 0.1) is 5.92 Å². The normalized spacial score (nSPS) is 18.9. The Morgan fingerprint density at radius 2 is 1.86 bits per heavy atom.